The van der Waals surface area contributed by atoms with Crippen LogP contribution in [0.3, 0.4) is 0 Å². The van der Waals surface area contributed by atoms with Crippen molar-refractivity contribution in [3.8, 4) is 11.4 Å². The molecule has 0 radical (unpaired) electrons. The predicted octanol–water partition coefficient (Wildman–Crippen LogP) is 4.16. The zero-order valence-electron chi connectivity index (χ0n) is 22.0. The third-order valence-corrected chi connectivity index (χ3v) is 9.05. The van der Waals surface area contributed by atoms with Crippen LogP contribution in [0.15, 0.2) is 65.7 Å². The monoisotopic (exact) mass is 579 g/mol. The van der Waals surface area contributed by atoms with Gasteiger partial charge in [0.25, 0.3) is 11.8 Å². The van der Waals surface area contributed by atoms with Crippen LogP contribution in [0.1, 0.15) is 34.5 Å². The quantitative estimate of drug-likeness (QED) is 0.375. The summed E-state index contributed by atoms with van der Waals surface area (Å²) in [6.45, 7) is 0.893. The van der Waals surface area contributed by atoms with Crippen LogP contribution in [0.4, 0.5) is 14.6 Å². The van der Waals surface area contributed by atoms with E-state index in [1.54, 1.807) is 24.4 Å². The van der Waals surface area contributed by atoms with Crippen molar-refractivity contribution in [1.29, 1.82) is 0 Å². The minimum Gasteiger partial charge on any atom is -0.376 e. The van der Waals surface area contributed by atoms with Gasteiger partial charge in [0, 0.05) is 43.1 Å². The molecule has 9 nitrogen and oxygen atoms in total. The average Bonchev–Trinajstić information content (AvgIpc) is 3.12. The number of fused-ring (bicyclic) bond motifs is 2. The van der Waals surface area contributed by atoms with Crippen molar-refractivity contribution in [3.63, 3.8) is 0 Å². The van der Waals surface area contributed by atoms with Gasteiger partial charge < -0.3 is 15.0 Å². The fourth-order valence-electron chi connectivity index (χ4n) is 4.94. The number of hydrogen-bond donors (Lipinski definition) is 1. The van der Waals surface area contributed by atoms with Gasteiger partial charge in [0.15, 0.2) is 9.84 Å². The topological polar surface area (TPSA) is 114 Å². The highest BCUT2D eigenvalue weighted by molar-refractivity contribution is 7.91. The van der Waals surface area contributed by atoms with Crippen molar-refractivity contribution in [2.24, 2.45) is 0 Å². The molecule has 0 spiro atoms. The van der Waals surface area contributed by atoms with Gasteiger partial charge in [0.05, 0.1) is 53.0 Å². The van der Waals surface area contributed by atoms with Crippen LogP contribution in [-0.4, -0.2) is 60.6 Å². The van der Waals surface area contributed by atoms with E-state index in [4.69, 9.17) is 9.72 Å². The molecule has 0 bridgehead atoms. The number of ether oxygens (including phenoxy) is 1. The van der Waals surface area contributed by atoms with E-state index in [1.165, 1.54) is 6.07 Å². The molecule has 2 aliphatic heterocycles. The molecule has 12 heteroatoms. The number of halogens is 2. The summed E-state index contributed by atoms with van der Waals surface area (Å²) in [7, 11) is -3.53. The number of rotatable bonds is 5. The second-order valence-corrected chi connectivity index (χ2v) is 12.2. The molecule has 6 rings (SSSR count). The molecule has 0 atom stereocenters. The van der Waals surface area contributed by atoms with Crippen molar-refractivity contribution < 1.29 is 26.7 Å². The summed E-state index contributed by atoms with van der Waals surface area (Å²) >= 11 is 0. The lowest BCUT2D eigenvalue weighted by molar-refractivity contribution is -0.0221. The summed E-state index contributed by atoms with van der Waals surface area (Å²) < 4.78 is 57.7. The fourth-order valence-corrected chi connectivity index (χ4v) is 6.33. The number of sulfone groups is 1. The van der Waals surface area contributed by atoms with Gasteiger partial charge in [0.1, 0.15) is 5.82 Å². The predicted molar refractivity (Wildman–Crippen MR) is 148 cm³/mol. The zero-order chi connectivity index (χ0) is 28.6. The molecule has 212 valence electrons. The third-order valence-electron chi connectivity index (χ3n) is 7.29. The molecule has 0 aliphatic carbocycles. The summed E-state index contributed by atoms with van der Waals surface area (Å²) in [5, 5.41) is 3.60. The highest BCUT2D eigenvalue weighted by atomic mass is 32.2. The van der Waals surface area contributed by atoms with E-state index >= 15 is 0 Å². The van der Waals surface area contributed by atoms with Crippen LogP contribution < -0.4 is 10.2 Å². The molecule has 1 saturated heterocycles. The van der Waals surface area contributed by atoms with Crippen LogP contribution in [0.2, 0.25) is 0 Å². The molecule has 1 N–H and O–H groups in total. The maximum Gasteiger partial charge on any atom is 0.251 e. The van der Waals surface area contributed by atoms with Crippen molar-refractivity contribution in [3.05, 3.63) is 77.6 Å². The van der Waals surface area contributed by atoms with Crippen molar-refractivity contribution in [2.75, 3.05) is 30.3 Å². The van der Waals surface area contributed by atoms with Crippen molar-refractivity contribution in [1.82, 2.24) is 20.3 Å². The van der Waals surface area contributed by atoms with Gasteiger partial charge in [-0.1, -0.05) is 12.1 Å². The number of amides is 1. The number of carbonyl (C=O) groups is 1. The SMILES string of the molecule is O=C(NCc1cc2nc(-c3cccc(N4CCC(F)(F)CC4)n3)ccc2cn1)c1ccc2c(c1)S(=O)(=O)CCOC2. The van der Waals surface area contributed by atoms with E-state index < -0.39 is 21.7 Å². The first kappa shape index (κ1) is 27.2. The largest absolute Gasteiger partial charge is 0.376 e. The minimum atomic E-state index is -3.53. The molecule has 1 fully saturated rings. The number of alkyl halides is 2. The molecule has 1 amide bonds. The Morgan fingerprint density at radius 2 is 1.83 bits per heavy atom. The molecule has 0 unspecified atom stereocenters. The van der Waals surface area contributed by atoms with E-state index in [0.29, 0.717) is 34.0 Å². The van der Waals surface area contributed by atoms with E-state index in [9.17, 15) is 22.0 Å². The van der Waals surface area contributed by atoms with Crippen LogP contribution in [-0.2, 0) is 27.7 Å². The number of pyridine rings is 3. The number of nitrogens with zero attached hydrogens (tertiary/aromatic N) is 4. The molecule has 1 aromatic carbocycles. The lowest BCUT2D eigenvalue weighted by atomic mass is 10.1. The molecular weight excluding hydrogens is 552 g/mol. The Balaban J connectivity index is 1.18. The second-order valence-electron chi connectivity index (χ2n) is 10.2. The van der Waals surface area contributed by atoms with Crippen LogP contribution in [0, 0.1) is 0 Å². The van der Waals surface area contributed by atoms with Gasteiger partial charge in [-0.15, -0.1) is 0 Å². The molecule has 4 aromatic rings. The van der Waals surface area contributed by atoms with Gasteiger partial charge >= 0.3 is 0 Å². The Morgan fingerprint density at radius 1 is 1.02 bits per heavy atom. The number of aromatic nitrogens is 3. The first-order chi connectivity index (χ1) is 19.7. The average molecular weight is 580 g/mol. The van der Waals surface area contributed by atoms with Gasteiger partial charge in [-0.05, 0) is 48.0 Å². The Bertz CT molecular complexity index is 1740. The second kappa shape index (κ2) is 10.7. The smallest absolute Gasteiger partial charge is 0.251 e. The summed E-state index contributed by atoms with van der Waals surface area (Å²) in [6, 6.07) is 15.5. The Labute approximate surface area is 235 Å². The third kappa shape index (κ3) is 5.89. The fraction of sp³-hybridized carbons (Fsp3) is 0.310. The number of benzene rings is 1. The molecule has 3 aromatic heterocycles. The van der Waals surface area contributed by atoms with Crippen LogP contribution in [0.25, 0.3) is 22.3 Å². The van der Waals surface area contributed by atoms with E-state index in [1.807, 2.05) is 35.2 Å². The van der Waals surface area contributed by atoms with E-state index in [-0.39, 0.29) is 61.9 Å². The highest BCUT2D eigenvalue weighted by Crippen LogP contribution is 2.31. The lowest BCUT2D eigenvalue weighted by Gasteiger charge is -2.32. The summed E-state index contributed by atoms with van der Waals surface area (Å²) in [5.74, 6) is -2.54. The maximum atomic E-state index is 13.6. The van der Waals surface area contributed by atoms with Gasteiger partial charge in [-0.25, -0.2) is 27.2 Å². The molecule has 0 saturated carbocycles. The van der Waals surface area contributed by atoms with Crippen molar-refractivity contribution in [2.45, 2.75) is 36.8 Å². The highest BCUT2D eigenvalue weighted by Gasteiger charge is 2.34. The number of piperidine rings is 1. The Hall–Kier alpha value is -4.03. The van der Waals surface area contributed by atoms with Crippen LogP contribution in [0.5, 0.6) is 0 Å². The zero-order valence-corrected chi connectivity index (χ0v) is 22.8. The van der Waals surface area contributed by atoms with Crippen molar-refractivity contribution >= 4 is 32.5 Å². The lowest BCUT2D eigenvalue weighted by Crippen LogP contribution is -2.39. The summed E-state index contributed by atoms with van der Waals surface area (Å²) in [4.78, 5) is 28.7. The number of hydrogen-bond acceptors (Lipinski definition) is 8. The Kier molecular flexibility index (Phi) is 7.12. The standard InChI is InChI=1S/C29H27F2N5O4S/c30-29(31)8-10-36(11-9-29)27-3-1-2-23(35-27)24-7-6-20-16-32-22(15-25(20)34-24)17-33-28(37)19-4-5-21-18-40-12-13-41(38,39)26(21)14-19/h1-7,14-16H,8-13,17-18H2,(H,33,37). The van der Waals surface area contributed by atoms with Gasteiger partial charge in [-0.2, -0.15) is 0 Å². The van der Waals surface area contributed by atoms with Gasteiger partial charge in [-0.3, -0.25) is 9.78 Å². The molecule has 2 aliphatic rings. The molecular formula is C29H27F2N5O4S. The normalized spacial score (nSPS) is 18.0. The van der Waals surface area contributed by atoms with E-state index in [2.05, 4.69) is 15.3 Å². The first-order valence-electron chi connectivity index (χ1n) is 13.2. The Morgan fingerprint density at radius 3 is 2.66 bits per heavy atom. The minimum absolute atomic E-state index is 0.112. The van der Waals surface area contributed by atoms with E-state index in [0.717, 1.165) is 5.39 Å². The first-order valence-corrected chi connectivity index (χ1v) is 14.9. The number of carbonyl (C=O) groups excluding carboxylic acids is 1. The number of nitrogens with one attached hydrogen (secondary N) is 1. The van der Waals surface area contributed by atoms with Crippen LogP contribution >= 0.6 is 0 Å². The maximum absolute atomic E-state index is 13.6. The molecule has 41 heavy (non-hydrogen) atoms. The van der Waals surface area contributed by atoms with Gasteiger partial charge in [0.2, 0.25) is 0 Å². The number of anilines is 1. The molecule has 5 heterocycles. The summed E-state index contributed by atoms with van der Waals surface area (Å²) in [5.41, 5.74) is 3.24. The summed E-state index contributed by atoms with van der Waals surface area (Å²) in [6.07, 6.45) is 1.28.